The number of amides is 2. The summed E-state index contributed by atoms with van der Waals surface area (Å²) < 4.78 is 22.3. The van der Waals surface area contributed by atoms with Crippen LogP contribution in [0.5, 0.6) is 23.0 Å². The Morgan fingerprint density at radius 2 is 1.77 bits per heavy atom. The zero-order chi connectivity index (χ0) is 27.8. The van der Waals surface area contributed by atoms with E-state index in [1.807, 2.05) is 45.0 Å². The Morgan fingerprint density at radius 1 is 1.00 bits per heavy atom. The highest BCUT2D eigenvalue weighted by molar-refractivity contribution is 6.30. The summed E-state index contributed by atoms with van der Waals surface area (Å²) in [5.41, 5.74) is 4.55. The van der Waals surface area contributed by atoms with E-state index in [0.717, 1.165) is 5.56 Å². The minimum atomic E-state index is -0.803. The predicted molar refractivity (Wildman–Crippen MR) is 148 cm³/mol. The SMILES string of the molecule is CCOc1cc(/C=N/NC(=O)C(NC(=O)c2ccc3c(c2)OCO3)C(C)C)ccc1OCc1ccc(Cl)cc1. The van der Waals surface area contributed by atoms with Gasteiger partial charge < -0.3 is 24.3 Å². The predicted octanol–water partition coefficient (Wildman–Crippen LogP) is 4.95. The van der Waals surface area contributed by atoms with Crippen LogP contribution in [0.1, 0.15) is 42.3 Å². The van der Waals surface area contributed by atoms with Gasteiger partial charge in [-0.25, -0.2) is 5.43 Å². The minimum absolute atomic E-state index is 0.112. The molecule has 0 saturated heterocycles. The van der Waals surface area contributed by atoms with E-state index in [0.29, 0.717) is 52.4 Å². The molecule has 2 amide bonds. The number of nitrogens with one attached hydrogen (secondary N) is 2. The molecule has 0 spiro atoms. The molecule has 1 heterocycles. The van der Waals surface area contributed by atoms with Crippen LogP contribution >= 0.6 is 11.6 Å². The molecular weight excluding hydrogens is 522 g/mol. The molecule has 1 aliphatic heterocycles. The molecule has 9 nitrogen and oxygen atoms in total. The first-order valence-corrected chi connectivity index (χ1v) is 12.9. The molecule has 1 aliphatic rings. The monoisotopic (exact) mass is 551 g/mol. The zero-order valence-corrected chi connectivity index (χ0v) is 22.7. The Hall–Kier alpha value is -4.24. The molecule has 1 atom stereocenters. The fourth-order valence-electron chi connectivity index (χ4n) is 3.77. The molecule has 39 heavy (non-hydrogen) atoms. The summed E-state index contributed by atoms with van der Waals surface area (Å²) in [6.07, 6.45) is 1.50. The van der Waals surface area contributed by atoms with Crippen molar-refractivity contribution < 1.29 is 28.5 Å². The average molecular weight is 552 g/mol. The van der Waals surface area contributed by atoms with Crippen LogP contribution in [0.3, 0.4) is 0 Å². The van der Waals surface area contributed by atoms with Crippen LogP contribution in [0.15, 0.2) is 65.8 Å². The van der Waals surface area contributed by atoms with Gasteiger partial charge in [0.05, 0.1) is 12.8 Å². The Kier molecular flexibility index (Phi) is 9.27. The lowest BCUT2D eigenvalue weighted by Crippen LogP contribution is -2.48. The van der Waals surface area contributed by atoms with Gasteiger partial charge in [0.1, 0.15) is 12.6 Å². The van der Waals surface area contributed by atoms with E-state index < -0.39 is 17.9 Å². The van der Waals surface area contributed by atoms with Crippen molar-refractivity contribution in [3.05, 3.63) is 82.4 Å². The molecule has 0 bridgehead atoms. The van der Waals surface area contributed by atoms with E-state index in [9.17, 15) is 9.59 Å². The van der Waals surface area contributed by atoms with E-state index in [1.165, 1.54) is 6.21 Å². The standard InChI is InChI=1S/C29H30ClN3O6/c1-4-36-25-13-20(7-11-23(25)37-16-19-5-9-22(30)10-6-19)15-31-33-29(35)27(18(2)3)32-28(34)21-8-12-24-26(14-21)39-17-38-24/h5-15,18,27H,4,16-17H2,1-3H3,(H,32,34)(H,33,35)/b31-15+. The maximum absolute atomic E-state index is 12.9. The van der Waals surface area contributed by atoms with Crippen LogP contribution in [-0.4, -0.2) is 37.5 Å². The molecular formula is C29H30ClN3O6. The van der Waals surface area contributed by atoms with Crippen molar-refractivity contribution in [2.24, 2.45) is 11.0 Å². The van der Waals surface area contributed by atoms with Crippen LogP contribution in [0, 0.1) is 5.92 Å². The smallest absolute Gasteiger partial charge is 0.262 e. The van der Waals surface area contributed by atoms with Gasteiger partial charge in [-0.1, -0.05) is 37.6 Å². The van der Waals surface area contributed by atoms with Gasteiger partial charge in [0.15, 0.2) is 23.0 Å². The summed E-state index contributed by atoms with van der Waals surface area (Å²) in [6.45, 7) is 6.48. The lowest BCUT2D eigenvalue weighted by atomic mass is 10.0. The highest BCUT2D eigenvalue weighted by Crippen LogP contribution is 2.32. The normalized spacial score (nSPS) is 12.8. The molecule has 3 aromatic rings. The number of halogens is 1. The van der Waals surface area contributed by atoms with Crippen molar-refractivity contribution in [1.29, 1.82) is 0 Å². The first-order valence-electron chi connectivity index (χ1n) is 12.5. The molecule has 204 valence electrons. The van der Waals surface area contributed by atoms with Crippen molar-refractivity contribution >= 4 is 29.6 Å². The number of nitrogens with zero attached hydrogens (tertiary/aromatic N) is 1. The third-order valence-electron chi connectivity index (χ3n) is 5.83. The van der Waals surface area contributed by atoms with Crippen LogP contribution in [0.25, 0.3) is 0 Å². The molecule has 0 radical (unpaired) electrons. The number of rotatable bonds is 11. The zero-order valence-electron chi connectivity index (χ0n) is 21.9. The first kappa shape index (κ1) is 27.8. The van der Waals surface area contributed by atoms with Gasteiger partial charge in [-0.2, -0.15) is 5.10 Å². The van der Waals surface area contributed by atoms with Crippen LogP contribution in [0.2, 0.25) is 5.02 Å². The minimum Gasteiger partial charge on any atom is -0.490 e. The van der Waals surface area contributed by atoms with E-state index in [2.05, 4.69) is 15.8 Å². The van der Waals surface area contributed by atoms with Crippen molar-refractivity contribution in [3.63, 3.8) is 0 Å². The Morgan fingerprint density at radius 3 is 2.51 bits per heavy atom. The summed E-state index contributed by atoms with van der Waals surface area (Å²) in [6, 6.07) is 16.8. The number of ether oxygens (including phenoxy) is 4. The van der Waals surface area contributed by atoms with E-state index in [1.54, 1.807) is 36.4 Å². The molecule has 0 fully saturated rings. The Labute approximate surface area is 232 Å². The molecule has 4 rings (SSSR count). The fraction of sp³-hybridized carbons (Fsp3) is 0.276. The largest absolute Gasteiger partial charge is 0.490 e. The number of carbonyl (C=O) groups is 2. The second kappa shape index (κ2) is 13.0. The lowest BCUT2D eigenvalue weighted by Gasteiger charge is -2.20. The van der Waals surface area contributed by atoms with E-state index in [4.69, 9.17) is 30.5 Å². The topological polar surface area (TPSA) is 107 Å². The summed E-state index contributed by atoms with van der Waals surface area (Å²) in [7, 11) is 0. The van der Waals surface area contributed by atoms with Gasteiger partial charge in [0, 0.05) is 10.6 Å². The first-order chi connectivity index (χ1) is 18.8. The van der Waals surface area contributed by atoms with Gasteiger partial charge in [-0.05, 0) is 72.5 Å². The Bertz CT molecular complexity index is 1340. The van der Waals surface area contributed by atoms with Crippen molar-refractivity contribution in [3.8, 4) is 23.0 Å². The number of hydrogen-bond acceptors (Lipinski definition) is 7. The maximum atomic E-state index is 12.9. The molecule has 0 saturated carbocycles. The summed E-state index contributed by atoms with van der Waals surface area (Å²) in [5.74, 6) is 1.18. The summed E-state index contributed by atoms with van der Waals surface area (Å²) >= 11 is 5.94. The second-order valence-corrected chi connectivity index (χ2v) is 9.49. The highest BCUT2D eigenvalue weighted by atomic mass is 35.5. The van der Waals surface area contributed by atoms with Crippen LogP contribution in [0.4, 0.5) is 0 Å². The molecule has 3 aromatic carbocycles. The second-order valence-electron chi connectivity index (χ2n) is 9.05. The molecule has 1 unspecified atom stereocenters. The number of hydrazone groups is 1. The van der Waals surface area contributed by atoms with Gasteiger partial charge in [0.2, 0.25) is 6.79 Å². The molecule has 10 heteroatoms. The van der Waals surface area contributed by atoms with E-state index in [-0.39, 0.29) is 12.7 Å². The van der Waals surface area contributed by atoms with Gasteiger partial charge in [-0.15, -0.1) is 0 Å². The average Bonchev–Trinajstić information content (AvgIpc) is 3.40. The Balaban J connectivity index is 1.37. The number of fused-ring (bicyclic) bond motifs is 1. The van der Waals surface area contributed by atoms with Crippen LogP contribution < -0.4 is 29.7 Å². The third-order valence-corrected chi connectivity index (χ3v) is 6.09. The van der Waals surface area contributed by atoms with E-state index >= 15 is 0 Å². The quantitative estimate of drug-likeness (QED) is 0.258. The highest BCUT2D eigenvalue weighted by Gasteiger charge is 2.25. The molecule has 2 N–H and O–H groups in total. The molecule has 0 aromatic heterocycles. The third kappa shape index (κ3) is 7.42. The number of hydrogen-bond donors (Lipinski definition) is 2. The fourth-order valence-corrected chi connectivity index (χ4v) is 3.90. The van der Waals surface area contributed by atoms with Crippen molar-refractivity contribution in [2.45, 2.75) is 33.4 Å². The van der Waals surface area contributed by atoms with Crippen molar-refractivity contribution in [1.82, 2.24) is 10.7 Å². The molecule has 0 aliphatic carbocycles. The number of benzene rings is 3. The van der Waals surface area contributed by atoms with Crippen LogP contribution in [-0.2, 0) is 11.4 Å². The van der Waals surface area contributed by atoms with Gasteiger partial charge in [0.25, 0.3) is 11.8 Å². The van der Waals surface area contributed by atoms with Gasteiger partial charge >= 0.3 is 0 Å². The summed E-state index contributed by atoms with van der Waals surface area (Å²) in [4.78, 5) is 25.6. The summed E-state index contributed by atoms with van der Waals surface area (Å²) in [5, 5.41) is 7.52. The number of carbonyl (C=O) groups excluding carboxylic acids is 2. The van der Waals surface area contributed by atoms with Gasteiger partial charge in [-0.3, -0.25) is 9.59 Å². The maximum Gasteiger partial charge on any atom is 0.262 e. The van der Waals surface area contributed by atoms with Crippen molar-refractivity contribution in [2.75, 3.05) is 13.4 Å². The lowest BCUT2D eigenvalue weighted by molar-refractivity contribution is -0.123.